The molecule has 0 radical (unpaired) electrons. The van der Waals surface area contributed by atoms with E-state index in [1.165, 1.54) is 57.1 Å². The topological polar surface area (TPSA) is 21.3 Å². The lowest BCUT2D eigenvalue weighted by Gasteiger charge is -2.35. The molecule has 96 valence electrons. The van der Waals surface area contributed by atoms with Gasteiger partial charge in [-0.2, -0.15) is 0 Å². The Hall–Kier alpha value is -0.500. The molecule has 0 spiro atoms. The van der Waals surface area contributed by atoms with Crippen LogP contribution in [0.3, 0.4) is 0 Å². The van der Waals surface area contributed by atoms with Gasteiger partial charge in [0.2, 0.25) is 0 Å². The van der Waals surface area contributed by atoms with E-state index in [1.54, 1.807) is 0 Å². The second kappa shape index (κ2) is 5.01. The minimum Gasteiger partial charge on any atom is -0.501 e. The molecule has 1 aliphatic heterocycles. The maximum absolute atomic E-state index is 5.71. The molecule has 4 unspecified atom stereocenters. The molecule has 1 N–H and O–H groups in total. The molecule has 2 aliphatic carbocycles. The summed E-state index contributed by atoms with van der Waals surface area (Å²) < 4.78 is 5.71. The number of nitrogens with one attached hydrogen (secondary N) is 1. The monoisotopic (exact) mass is 235 g/mol. The number of ether oxygens (including phenoxy) is 1. The molecule has 3 aliphatic rings. The third-order valence-corrected chi connectivity index (χ3v) is 4.99. The fourth-order valence-corrected chi connectivity index (χ4v) is 4.07. The van der Waals surface area contributed by atoms with E-state index in [-0.39, 0.29) is 0 Å². The Morgan fingerprint density at radius 3 is 2.53 bits per heavy atom. The standard InChI is InChI=1S/C15H25NO/c1-17-15-10-11-6-2-4-8-13(11)16-14-9-5-3-7-12(14)15/h10-14,16H,2-9H2,1H3. The second-order valence-electron chi connectivity index (χ2n) is 5.99. The molecule has 1 heterocycles. The second-order valence-corrected chi connectivity index (χ2v) is 5.99. The Balaban J connectivity index is 1.85. The van der Waals surface area contributed by atoms with E-state index in [4.69, 9.17) is 4.74 Å². The van der Waals surface area contributed by atoms with Gasteiger partial charge >= 0.3 is 0 Å². The van der Waals surface area contributed by atoms with Crippen LogP contribution in [0.5, 0.6) is 0 Å². The summed E-state index contributed by atoms with van der Waals surface area (Å²) in [5, 5.41) is 3.95. The highest BCUT2D eigenvalue weighted by Gasteiger charge is 2.36. The van der Waals surface area contributed by atoms with Gasteiger partial charge < -0.3 is 10.1 Å². The first-order valence-corrected chi connectivity index (χ1v) is 7.40. The van der Waals surface area contributed by atoms with Crippen molar-refractivity contribution in [3.63, 3.8) is 0 Å². The highest BCUT2D eigenvalue weighted by Crippen LogP contribution is 2.37. The molecule has 17 heavy (non-hydrogen) atoms. The van der Waals surface area contributed by atoms with Crippen LogP contribution in [-0.4, -0.2) is 19.2 Å². The summed E-state index contributed by atoms with van der Waals surface area (Å²) in [6, 6.07) is 1.41. The van der Waals surface area contributed by atoms with Crippen molar-refractivity contribution in [2.45, 2.75) is 63.5 Å². The molecule has 2 nitrogen and oxygen atoms in total. The van der Waals surface area contributed by atoms with Crippen LogP contribution in [0.15, 0.2) is 11.8 Å². The largest absolute Gasteiger partial charge is 0.501 e. The smallest absolute Gasteiger partial charge is 0.0965 e. The molecule has 4 atom stereocenters. The van der Waals surface area contributed by atoms with E-state index in [0.29, 0.717) is 12.0 Å². The Bertz CT molecular complexity index is 299. The number of methoxy groups -OCH3 is 1. The van der Waals surface area contributed by atoms with Gasteiger partial charge in [-0.3, -0.25) is 0 Å². The van der Waals surface area contributed by atoms with Crippen LogP contribution >= 0.6 is 0 Å². The van der Waals surface area contributed by atoms with Gasteiger partial charge in [-0.15, -0.1) is 0 Å². The zero-order valence-electron chi connectivity index (χ0n) is 11.0. The van der Waals surface area contributed by atoms with Gasteiger partial charge in [-0.05, 0) is 37.7 Å². The maximum atomic E-state index is 5.71. The number of hydrogen-bond acceptors (Lipinski definition) is 2. The van der Waals surface area contributed by atoms with Gasteiger partial charge in [-0.1, -0.05) is 25.7 Å². The van der Waals surface area contributed by atoms with Gasteiger partial charge in [0.25, 0.3) is 0 Å². The third-order valence-electron chi connectivity index (χ3n) is 4.99. The van der Waals surface area contributed by atoms with E-state index in [1.807, 2.05) is 7.11 Å². The van der Waals surface area contributed by atoms with Crippen molar-refractivity contribution >= 4 is 0 Å². The van der Waals surface area contributed by atoms with Gasteiger partial charge in [-0.25, -0.2) is 0 Å². The predicted octanol–water partition coefficient (Wildman–Crippen LogP) is 3.24. The average molecular weight is 235 g/mol. The lowest BCUT2D eigenvalue weighted by Crippen LogP contribution is -2.46. The van der Waals surface area contributed by atoms with Gasteiger partial charge in [0.1, 0.15) is 0 Å². The summed E-state index contributed by atoms with van der Waals surface area (Å²) in [5.41, 5.74) is 0. The van der Waals surface area contributed by atoms with Gasteiger partial charge in [0, 0.05) is 18.0 Å². The number of fused-ring (bicyclic) bond motifs is 2. The minimum absolute atomic E-state index is 0.652. The Morgan fingerprint density at radius 2 is 1.71 bits per heavy atom. The normalized spacial score (nSPS) is 41.8. The highest BCUT2D eigenvalue weighted by atomic mass is 16.5. The molecular formula is C15H25NO. The minimum atomic E-state index is 0.652. The lowest BCUT2D eigenvalue weighted by molar-refractivity contribution is 0.178. The van der Waals surface area contributed by atoms with Crippen molar-refractivity contribution in [2.75, 3.05) is 7.11 Å². The first-order chi connectivity index (χ1) is 8.38. The summed E-state index contributed by atoms with van der Waals surface area (Å²) in [7, 11) is 1.86. The average Bonchev–Trinajstić information content (AvgIpc) is 2.54. The molecule has 0 bridgehead atoms. The molecule has 2 heteroatoms. The zero-order valence-corrected chi connectivity index (χ0v) is 11.0. The molecular weight excluding hydrogens is 210 g/mol. The molecule has 3 rings (SSSR count). The van der Waals surface area contributed by atoms with Crippen molar-refractivity contribution in [3.05, 3.63) is 11.8 Å². The summed E-state index contributed by atoms with van der Waals surface area (Å²) in [5.74, 6) is 2.67. The van der Waals surface area contributed by atoms with Crippen molar-refractivity contribution in [3.8, 4) is 0 Å². The Kier molecular flexibility index (Phi) is 3.41. The van der Waals surface area contributed by atoms with Crippen LogP contribution in [0.2, 0.25) is 0 Å². The van der Waals surface area contributed by atoms with Crippen LogP contribution in [0.25, 0.3) is 0 Å². The molecule has 0 amide bonds. The molecule has 0 saturated heterocycles. The van der Waals surface area contributed by atoms with E-state index in [0.717, 1.165) is 12.0 Å². The summed E-state index contributed by atoms with van der Waals surface area (Å²) in [6.45, 7) is 0. The molecule has 0 aromatic rings. The summed E-state index contributed by atoms with van der Waals surface area (Å²) in [4.78, 5) is 0. The maximum Gasteiger partial charge on any atom is 0.0965 e. The van der Waals surface area contributed by atoms with E-state index in [9.17, 15) is 0 Å². The fourth-order valence-electron chi connectivity index (χ4n) is 4.07. The van der Waals surface area contributed by atoms with Gasteiger partial charge in [0.05, 0.1) is 12.9 Å². The van der Waals surface area contributed by atoms with Crippen molar-refractivity contribution in [1.29, 1.82) is 0 Å². The van der Waals surface area contributed by atoms with E-state index < -0.39 is 0 Å². The third kappa shape index (κ3) is 2.24. The van der Waals surface area contributed by atoms with Crippen LogP contribution in [0.4, 0.5) is 0 Å². The first kappa shape index (κ1) is 11.6. The molecule has 2 saturated carbocycles. The first-order valence-electron chi connectivity index (χ1n) is 7.40. The van der Waals surface area contributed by atoms with Crippen LogP contribution in [0.1, 0.15) is 51.4 Å². The van der Waals surface area contributed by atoms with Crippen LogP contribution in [0, 0.1) is 11.8 Å². The quantitative estimate of drug-likeness (QED) is 0.753. The summed E-state index contributed by atoms with van der Waals surface area (Å²) >= 11 is 0. The number of rotatable bonds is 1. The highest BCUT2D eigenvalue weighted by molar-refractivity contribution is 5.12. The van der Waals surface area contributed by atoms with Crippen LogP contribution < -0.4 is 5.32 Å². The van der Waals surface area contributed by atoms with E-state index in [2.05, 4.69) is 11.4 Å². The molecule has 0 aromatic carbocycles. The van der Waals surface area contributed by atoms with Crippen molar-refractivity contribution in [1.82, 2.24) is 5.32 Å². The molecule has 2 fully saturated rings. The summed E-state index contributed by atoms with van der Waals surface area (Å²) in [6.07, 6.45) is 13.4. The van der Waals surface area contributed by atoms with Gasteiger partial charge in [0.15, 0.2) is 0 Å². The lowest BCUT2D eigenvalue weighted by atomic mass is 9.83. The van der Waals surface area contributed by atoms with Crippen LogP contribution in [-0.2, 0) is 4.74 Å². The SMILES string of the molecule is COC1=CC2CCCCC2NC2CCCCC12. The van der Waals surface area contributed by atoms with Crippen molar-refractivity contribution in [2.24, 2.45) is 11.8 Å². The Morgan fingerprint density at radius 1 is 1.00 bits per heavy atom. The van der Waals surface area contributed by atoms with Crippen molar-refractivity contribution < 1.29 is 4.74 Å². The Labute approximate surface area is 105 Å². The predicted molar refractivity (Wildman–Crippen MR) is 69.7 cm³/mol. The molecule has 0 aromatic heterocycles. The zero-order chi connectivity index (χ0) is 11.7. The fraction of sp³-hybridized carbons (Fsp3) is 0.867. The van der Waals surface area contributed by atoms with E-state index >= 15 is 0 Å². The number of hydrogen-bond donors (Lipinski definition) is 1.